The zero-order valence-corrected chi connectivity index (χ0v) is 18.4. The van der Waals surface area contributed by atoms with Crippen LogP contribution in [0.5, 0.6) is 11.5 Å². The minimum Gasteiger partial charge on any atom is -0.497 e. The Morgan fingerprint density at radius 3 is 2.03 bits per heavy atom. The van der Waals surface area contributed by atoms with Gasteiger partial charge in [0.2, 0.25) is 0 Å². The van der Waals surface area contributed by atoms with Gasteiger partial charge in [0.05, 0.1) is 12.0 Å². The smallest absolute Gasteiger partial charge is 0.265 e. The Bertz CT molecular complexity index is 1150. The normalized spacial score (nSPS) is 12.0. The molecule has 3 rings (SSSR count). The van der Waals surface area contributed by atoms with Crippen LogP contribution in [0.1, 0.15) is 13.3 Å². The van der Waals surface area contributed by atoms with Crippen LogP contribution in [0.2, 0.25) is 0 Å². The number of methoxy groups -OCH3 is 1. The molecular formula is C23H23FN2O5S. The Hall–Kier alpha value is -3.59. The summed E-state index contributed by atoms with van der Waals surface area (Å²) in [6.45, 7) is 1.82. The Labute approximate surface area is 186 Å². The molecule has 0 bridgehead atoms. The molecule has 7 nitrogen and oxygen atoms in total. The van der Waals surface area contributed by atoms with Gasteiger partial charge in [0.15, 0.2) is 6.10 Å². The number of rotatable bonds is 9. The molecule has 32 heavy (non-hydrogen) atoms. The van der Waals surface area contributed by atoms with E-state index in [1.54, 1.807) is 31.4 Å². The zero-order chi connectivity index (χ0) is 23.1. The van der Waals surface area contributed by atoms with Gasteiger partial charge in [-0.15, -0.1) is 0 Å². The Morgan fingerprint density at radius 2 is 1.47 bits per heavy atom. The van der Waals surface area contributed by atoms with Gasteiger partial charge in [-0.05, 0) is 79.2 Å². The van der Waals surface area contributed by atoms with Crippen molar-refractivity contribution in [3.8, 4) is 11.5 Å². The number of hydrogen-bond donors (Lipinski definition) is 2. The van der Waals surface area contributed by atoms with E-state index in [0.29, 0.717) is 23.6 Å². The van der Waals surface area contributed by atoms with E-state index < -0.39 is 21.9 Å². The molecule has 0 heterocycles. The quantitative estimate of drug-likeness (QED) is 0.495. The van der Waals surface area contributed by atoms with Crippen LogP contribution in [0.15, 0.2) is 77.7 Å². The van der Waals surface area contributed by atoms with Crippen molar-refractivity contribution in [2.24, 2.45) is 0 Å². The molecule has 168 valence electrons. The fraction of sp³-hybridized carbons (Fsp3) is 0.174. The van der Waals surface area contributed by atoms with Crippen molar-refractivity contribution in [2.45, 2.75) is 24.3 Å². The molecule has 0 saturated heterocycles. The largest absolute Gasteiger partial charge is 0.497 e. The molecule has 0 fully saturated rings. The predicted octanol–water partition coefficient (Wildman–Crippen LogP) is 4.43. The highest BCUT2D eigenvalue weighted by Crippen LogP contribution is 2.21. The van der Waals surface area contributed by atoms with Crippen molar-refractivity contribution in [2.75, 3.05) is 17.1 Å². The lowest BCUT2D eigenvalue weighted by molar-refractivity contribution is -0.122. The van der Waals surface area contributed by atoms with E-state index in [9.17, 15) is 17.6 Å². The SMILES string of the molecule is CC[C@@H](Oc1ccc(OC)cc1)C(=O)Nc1ccc(S(=O)(=O)Nc2ccc(F)cc2)cc1. The van der Waals surface area contributed by atoms with Gasteiger partial charge in [-0.1, -0.05) is 6.92 Å². The van der Waals surface area contributed by atoms with Gasteiger partial charge in [-0.2, -0.15) is 0 Å². The van der Waals surface area contributed by atoms with Gasteiger partial charge in [0.1, 0.15) is 17.3 Å². The summed E-state index contributed by atoms with van der Waals surface area (Å²) in [5.74, 6) is 0.387. The van der Waals surface area contributed by atoms with Crippen molar-refractivity contribution in [3.63, 3.8) is 0 Å². The summed E-state index contributed by atoms with van der Waals surface area (Å²) in [5.41, 5.74) is 0.665. The van der Waals surface area contributed by atoms with Crippen molar-refractivity contribution in [1.29, 1.82) is 0 Å². The van der Waals surface area contributed by atoms with Gasteiger partial charge in [0.25, 0.3) is 15.9 Å². The fourth-order valence-electron chi connectivity index (χ4n) is 2.81. The second-order valence-electron chi connectivity index (χ2n) is 6.82. The number of carbonyl (C=O) groups excluding carboxylic acids is 1. The lowest BCUT2D eigenvalue weighted by Crippen LogP contribution is -2.32. The molecule has 0 aliphatic rings. The topological polar surface area (TPSA) is 93.7 Å². The van der Waals surface area contributed by atoms with Crippen molar-refractivity contribution in [3.05, 3.63) is 78.6 Å². The lowest BCUT2D eigenvalue weighted by Gasteiger charge is -2.17. The molecule has 0 spiro atoms. The molecule has 9 heteroatoms. The van der Waals surface area contributed by atoms with Crippen molar-refractivity contribution >= 4 is 27.3 Å². The molecular weight excluding hydrogens is 435 g/mol. The van der Waals surface area contributed by atoms with Gasteiger partial charge < -0.3 is 14.8 Å². The third-order valence-electron chi connectivity index (χ3n) is 4.53. The molecule has 1 amide bonds. The third kappa shape index (κ3) is 5.98. The van der Waals surface area contributed by atoms with Gasteiger partial charge in [-0.25, -0.2) is 12.8 Å². The summed E-state index contributed by atoms with van der Waals surface area (Å²) in [7, 11) is -2.30. The van der Waals surface area contributed by atoms with Gasteiger partial charge >= 0.3 is 0 Å². The maximum atomic E-state index is 13.0. The molecule has 0 saturated carbocycles. The highest BCUT2D eigenvalue weighted by molar-refractivity contribution is 7.92. The second-order valence-corrected chi connectivity index (χ2v) is 8.50. The third-order valence-corrected chi connectivity index (χ3v) is 5.93. The lowest BCUT2D eigenvalue weighted by atomic mass is 10.2. The van der Waals surface area contributed by atoms with E-state index in [-0.39, 0.29) is 16.5 Å². The number of benzene rings is 3. The standard InChI is InChI=1S/C23H23FN2O5S/c1-3-22(31-20-12-10-19(30-2)11-13-20)23(27)25-17-8-14-21(15-9-17)32(28,29)26-18-6-4-16(24)5-7-18/h4-15,22,26H,3H2,1-2H3,(H,25,27)/t22-/m1/s1. The molecule has 0 aromatic heterocycles. The number of anilines is 2. The van der Waals surface area contributed by atoms with Crippen LogP contribution in [0.25, 0.3) is 0 Å². The van der Waals surface area contributed by atoms with Crippen LogP contribution in [0.3, 0.4) is 0 Å². The first-order valence-corrected chi connectivity index (χ1v) is 11.3. The fourth-order valence-corrected chi connectivity index (χ4v) is 3.87. The van der Waals surface area contributed by atoms with Crippen LogP contribution >= 0.6 is 0 Å². The first-order chi connectivity index (χ1) is 15.3. The average Bonchev–Trinajstić information content (AvgIpc) is 2.79. The van der Waals surface area contributed by atoms with Crippen LogP contribution in [0, 0.1) is 5.82 Å². The number of sulfonamides is 1. The summed E-state index contributed by atoms with van der Waals surface area (Å²) in [4.78, 5) is 12.6. The maximum Gasteiger partial charge on any atom is 0.265 e. The molecule has 2 N–H and O–H groups in total. The van der Waals surface area contributed by atoms with Crippen LogP contribution in [-0.4, -0.2) is 27.5 Å². The summed E-state index contributed by atoms with van der Waals surface area (Å²) in [5, 5.41) is 2.72. The highest BCUT2D eigenvalue weighted by atomic mass is 32.2. The predicted molar refractivity (Wildman–Crippen MR) is 120 cm³/mol. The van der Waals surface area contributed by atoms with E-state index >= 15 is 0 Å². The number of nitrogens with one attached hydrogen (secondary N) is 2. The molecule has 0 unspecified atom stereocenters. The average molecular weight is 459 g/mol. The van der Waals surface area contributed by atoms with Crippen molar-refractivity contribution < 1.29 is 27.1 Å². The highest BCUT2D eigenvalue weighted by Gasteiger charge is 2.19. The maximum absolute atomic E-state index is 13.0. The van der Waals surface area contributed by atoms with E-state index in [0.717, 1.165) is 12.1 Å². The van der Waals surface area contributed by atoms with Crippen molar-refractivity contribution in [1.82, 2.24) is 0 Å². The number of ether oxygens (including phenoxy) is 2. The first-order valence-electron chi connectivity index (χ1n) is 9.81. The second kappa shape index (κ2) is 10.1. The van der Waals surface area contributed by atoms with Crippen LogP contribution < -0.4 is 19.5 Å². The number of halogens is 1. The Morgan fingerprint density at radius 1 is 0.906 bits per heavy atom. The number of carbonyl (C=O) groups is 1. The summed E-state index contributed by atoms with van der Waals surface area (Å²) >= 11 is 0. The van der Waals surface area contributed by atoms with E-state index in [4.69, 9.17) is 9.47 Å². The molecule has 3 aromatic rings. The molecule has 3 aromatic carbocycles. The summed E-state index contributed by atoms with van der Waals surface area (Å²) in [6, 6.07) is 17.6. The number of amides is 1. The minimum atomic E-state index is -3.86. The zero-order valence-electron chi connectivity index (χ0n) is 17.5. The van der Waals surface area contributed by atoms with E-state index in [1.807, 2.05) is 6.92 Å². The Kier molecular flexibility index (Phi) is 7.32. The number of hydrogen-bond acceptors (Lipinski definition) is 5. The van der Waals surface area contributed by atoms with Gasteiger partial charge in [-0.3, -0.25) is 9.52 Å². The molecule has 0 radical (unpaired) electrons. The van der Waals surface area contributed by atoms with Gasteiger partial charge in [0, 0.05) is 11.4 Å². The molecule has 0 aliphatic heterocycles. The first kappa shape index (κ1) is 23.1. The van der Waals surface area contributed by atoms with E-state index in [1.165, 1.54) is 36.4 Å². The van der Waals surface area contributed by atoms with Crippen LogP contribution in [0.4, 0.5) is 15.8 Å². The van der Waals surface area contributed by atoms with Crippen LogP contribution in [-0.2, 0) is 14.8 Å². The monoisotopic (exact) mass is 458 g/mol. The summed E-state index contributed by atoms with van der Waals surface area (Å²) < 4.78 is 51.2. The van der Waals surface area contributed by atoms with E-state index in [2.05, 4.69) is 10.0 Å². The molecule has 1 atom stereocenters. The summed E-state index contributed by atoms with van der Waals surface area (Å²) in [6.07, 6.45) is -0.293. The molecule has 0 aliphatic carbocycles. The minimum absolute atomic E-state index is 0.00125. The Balaban J connectivity index is 1.64.